The van der Waals surface area contributed by atoms with Crippen molar-refractivity contribution in [3.05, 3.63) is 129 Å². The highest BCUT2D eigenvalue weighted by atomic mass is 35.5. The molecule has 0 aliphatic rings. The molecular formula is C30H24Cl2FNO3. The number of carbonyl (C=O) groups is 2. The molecule has 0 aliphatic heterocycles. The highest BCUT2D eigenvalue weighted by Gasteiger charge is 2.17. The van der Waals surface area contributed by atoms with Crippen molar-refractivity contribution in [2.75, 3.05) is 0 Å². The van der Waals surface area contributed by atoms with Crippen LogP contribution in [0.2, 0.25) is 10.0 Å². The van der Waals surface area contributed by atoms with Crippen LogP contribution in [0.1, 0.15) is 33.5 Å². The molecule has 7 heteroatoms. The molecule has 0 aliphatic carbocycles. The van der Waals surface area contributed by atoms with Gasteiger partial charge in [-0.15, -0.1) is 0 Å². The Kier molecular flexibility index (Phi) is 8.59. The fourth-order valence-corrected chi connectivity index (χ4v) is 4.72. The van der Waals surface area contributed by atoms with Crippen LogP contribution in [0.5, 0.6) is 0 Å². The van der Waals surface area contributed by atoms with Gasteiger partial charge < -0.3 is 10.0 Å². The minimum absolute atomic E-state index is 0.0967. The molecule has 0 heterocycles. The average Bonchev–Trinajstić information content (AvgIpc) is 2.89. The summed E-state index contributed by atoms with van der Waals surface area (Å²) < 4.78 is 13.4. The van der Waals surface area contributed by atoms with E-state index in [-0.39, 0.29) is 23.7 Å². The van der Waals surface area contributed by atoms with Crippen molar-refractivity contribution < 1.29 is 19.1 Å². The molecule has 0 unspecified atom stereocenters. The van der Waals surface area contributed by atoms with Crippen molar-refractivity contribution in [3.8, 4) is 11.1 Å². The molecule has 188 valence electrons. The van der Waals surface area contributed by atoms with E-state index in [4.69, 9.17) is 23.2 Å². The first kappa shape index (κ1) is 26.4. The molecule has 4 nitrogen and oxygen atoms in total. The summed E-state index contributed by atoms with van der Waals surface area (Å²) in [6.07, 6.45) is 0.594. The van der Waals surface area contributed by atoms with Crippen LogP contribution in [0.3, 0.4) is 0 Å². The lowest BCUT2D eigenvalue weighted by atomic mass is 9.98. The number of hydrogen-bond acceptors (Lipinski definition) is 2. The molecule has 0 radical (unpaired) electrons. The van der Waals surface area contributed by atoms with Gasteiger partial charge in [0.2, 0.25) is 5.91 Å². The standard InChI is InChI=1S/C30H24Cl2FNO3/c31-27-6-3-7-28(32)26(27)16-17-29(35)34(19-21-10-14-23(33)15-11-21)18-20-8-12-22(13-9-20)24-4-1-2-5-25(24)30(36)37/h1-15H,16-19H2,(H,36,37). The zero-order chi connectivity index (χ0) is 26.4. The third-order valence-electron chi connectivity index (χ3n) is 6.09. The highest BCUT2D eigenvalue weighted by Crippen LogP contribution is 2.27. The first-order valence-corrected chi connectivity index (χ1v) is 12.4. The quantitative estimate of drug-likeness (QED) is 0.239. The SMILES string of the molecule is O=C(O)c1ccccc1-c1ccc(CN(Cc2ccc(F)cc2)C(=O)CCc2c(Cl)cccc2Cl)cc1. The molecule has 0 bridgehead atoms. The third kappa shape index (κ3) is 6.76. The number of rotatable bonds is 9. The Morgan fingerprint density at radius 2 is 1.32 bits per heavy atom. The summed E-state index contributed by atoms with van der Waals surface area (Å²) in [7, 11) is 0. The predicted octanol–water partition coefficient (Wildman–Crippen LogP) is 7.66. The van der Waals surface area contributed by atoms with Gasteiger partial charge in [-0.3, -0.25) is 4.79 Å². The minimum Gasteiger partial charge on any atom is -0.478 e. The smallest absolute Gasteiger partial charge is 0.336 e. The Morgan fingerprint density at radius 1 is 0.757 bits per heavy atom. The van der Waals surface area contributed by atoms with Crippen LogP contribution < -0.4 is 0 Å². The summed E-state index contributed by atoms with van der Waals surface area (Å²) in [5.74, 6) is -1.43. The van der Waals surface area contributed by atoms with Crippen LogP contribution >= 0.6 is 23.2 Å². The van der Waals surface area contributed by atoms with E-state index in [0.717, 1.165) is 22.3 Å². The number of nitrogens with zero attached hydrogens (tertiary/aromatic N) is 1. The van der Waals surface area contributed by atoms with Crippen molar-refractivity contribution in [3.63, 3.8) is 0 Å². The monoisotopic (exact) mass is 535 g/mol. The zero-order valence-corrected chi connectivity index (χ0v) is 21.3. The Morgan fingerprint density at radius 3 is 1.92 bits per heavy atom. The Hall–Kier alpha value is -3.67. The second-order valence-corrected chi connectivity index (χ2v) is 9.44. The summed E-state index contributed by atoms with van der Waals surface area (Å²) in [6.45, 7) is 0.631. The third-order valence-corrected chi connectivity index (χ3v) is 6.79. The molecular weight excluding hydrogens is 512 g/mol. The van der Waals surface area contributed by atoms with Crippen LogP contribution in [0.15, 0.2) is 91.0 Å². The van der Waals surface area contributed by atoms with Crippen molar-refractivity contribution in [1.82, 2.24) is 4.90 Å². The molecule has 1 N–H and O–H groups in total. The van der Waals surface area contributed by atoms with E-state index < -0.39 is 5.97 Å². The molecule has 0 atom stereocenters. The van der Waals surface area contributed by atoms with Gasteiger partial charge in [0.1, 0.15) is 5.82 Å². The van der Waals surface area contributed by atoms with Crippen LogP contribution in [0.4, 0.5) is 4.39 Å². The molecule has 4 aromatic carbocycles. The summed E-state index contributed by atoms with van der Waals surface area (Å²) in [6, 6.07) is 25.6. The zero-order valence-electron chi connectivity index (χ0n) is 19.8. The molecule has 37 heavy (non-hydrogen) atoms. The molecule has 0 spiro atoms. The second-order valence-electron chi connectivity index (χ2n) is 8.62. The summed E-state index contributed by atoms with van der Waals surface area (Å²) >= 11 is 12.6. The second kappa shape index (κ2) is 12.0. The number of carboxylic acids is 1. The lowest BCUT2D eigenvalue weighted by Gasteiger charge is -2.24. The summed E-state index contributed by atoms with van der Waals surface area (Å²) in [4.78, 5) is 26.6. The summed E-state index contributed by atoms with van der Waals surface area (Å²) in [5.41, 5.74) is 4.02. The lowest BCUT2D eigenvalue weighted by Crippen LogP contribution is -2.30. The van der Waals surface area contributed by atoms with Crippen LogP contribution in [0, 0.1) is 5.82 Å². The minimum atomic E-state index is -0.991. The van der Waals surface area contributed by atoms with E-state index in [1.807, 2.05) is 24.3 Å². The van der Waals surface area contributed by atoms with E-state index in [9.17, 15) is 19.1 Å². The number of halogens is 3. The van der Waals surface area contributed by atoms with Gasteiger partial charge in [0, 0.05) is 29.6 Å². The molecule has 0 fully saturated rings. The van der Waals surface area contributed by atoms with Gasteiger partial charge in [-0.2, -0.15) is 0 Å². The molecule has 0 aromatic heterocycles. The average molecular weight is 536 g/mol. The van der Waals surface area contributed by atoms with E-state index in [1.54, 1.807) is 59.5 Å². The molecule has 4 rings (SSSR count). The van der Waals surface area contributed by atoms with E-state index in [0.29, 0.717) is 35.1 Å². The van der Waals surface area contributed by atoms with Gasteiger partial charge in [-0.25, -0.2) is 9.18 Å². The van der Waals surface area contributed by atoms with Gasteiger partial charge in [0.05, 0.1) is 5.56 Å². The summed E-state index contributed by atoms with van der Waals surface area (Å²) in [5, 5.41) is 10.5. The van der Waals surface area contributed by atoms with Crippen molar-refractivity contribution in [2.24, 2.45) is 0 Å². The number of carboxylic acid groups (broad SMARTS) is 1. The molecule has 1 amide bonds. The van der Waals surface area contributed by atoms with Crippen LogP contribution in [0.25, 0.3) is 11.1 Å². The Balaban J connectivity index is 1.54. The van der Waals surface area contributed by atoms with E-state index in [2.05, 4.69) is 0 Å². The van der Waals surface area contributed by atoms with Gasteiger partial charge in [0.25, 0.3) is 0 Å². The highest BCUT2D eigenvalue weighted by molar-refractivity contribution is 6.36. The molecule has 4 aromatic rings. The number of aromatic carboxylic acids is 1. The van der Waals surface area contributed by atoms with Gasteiger partial charge in [0.15, 0.2) is 0 Å². The normalized spacial score (nSPS) is 10.8. The van der Waals surface area contributed by atoms with E-state index in [1.165, 1.54) is 12.1 Å². The number of amides is 1. The maximum atomic E-state index is 13.4. The van der Waals surface area contributed by atoms with Crippen molar-refractivity contribution in [2.45, 2.75) is 25.9 Å². The number of carbonyl (C=O) groups excluding carboxylic acids is 1. The fraction of sp³-hybridized carbons (Fsp3) is 0.133. The van der Waals surface area contributed by atoms with Crippen LogP contribution in [-0.2, 0) is 24.3 Å². The van der Waals surface area contributed by atoms with Gasteiger partial charge in [-0.05, 0) is 64.6 Å². The maximum absolute atomic E-state index is 13.4. The van der Waals surface area contributed by atoms with Gasteiger partial charge >= 0.3 is 5.97 Å². The lowest BCUT2D eigenvalue weighted by molar-refractivity contribution is -0.132. The van der Waals surface area contributed by atoms with Gasteiger partial charge in [-0.1, -0.05) is 83.9 Å². The topological polar surface area (TPSA) is 57.6 Å². The fourth-order valence-electron chi connectivity index (χ4n) is 4.14. The Bertz CT molecular complexity index is 1390. The number of hydrogen-bond donors (Lipinski definition) is 1. The first-order chi connectivity index (χ1) is 17.8. The van der Waals surface area contributed by atoms with E-state index >= 15 is 0 Å². The van der Waals surface area contributed by atoms with Crippen molar-refractivity contribution >= 4 is 35.1 Å². The molecule has 0 saturated carbocycles. The van der Waals surface area contributed by atoms with Crippen LogP contribution in [-0.4, -0.2) is 21.9 Å². The predicted molar refractivity (Wildman–Crippen MR) is 144 cm³/mol. The Labute approximate surface area is 224 Å². The molecule has 0 saturated heterocycles. The van der Waals surface area contributed by atoms with Crippen molar-refractivity contribution in [1.29, 1.82) is 0 Å². The number of benzene rings is 4. The largest absolute Gasteiger partial charge is 0.478 e. The maximum Gasteiger partial charge on any atom is 0.336 e. The first-order valence-electron chi connectivity index (χ1n) is 11.7.